The minimum Gasteiger partial charge on any atom is -0.385 e. The first-order valence-electron chi connectivity index (χ1n) is 7.06. The fourth-order valence-electron chi connectivity index (χ4n) is 2.09. The molecule has 1 aromatic carbocycles. The Morgan fingerprint density at radius 3 is 2.45 bits per heavy atom. The van der Waals surface area contributed by atoms with Gasteiger partial charge in [-0.1, -0.05) is 13.3 Å². The van der Waals surface area contributed by atoms with E-state index in [1.54, 1.807) is 12.1 Å². The van der Waals surface area contributed by atoms with Gasteiger partial charge < -0.3 is 10.1 Å². The number of benzene rings is 1. The average Bonchev–Trinajstić information content (AvgIpc) is 2.49. The van der Waals surface area contributed by atoms with Gasteiger partial charge in [0.1, 0.15) is 0 Å². The molecule has 0 bridgehead atoms. The van der Waals surface area contributed by atoms with E-state index in [0.29, 0.717) is 31.2 Å². The maximum atomic E-state index is 12.4. The van der Waals surface area contributed by atoms with E-state index in [0.717, 1.165) is 25.1 Å². The van der Waals surface area contributed by atoms with Crippen molar-refractivity contribution in [2.75, 3.05) is 38.2 Å². The Kier molecular flexibility index (Phi) is 5.39. The van der Waals surface area contributed by atoms with Crippen molar-refractivity contribution in [3.8, 4) is 0 Å². The van der Waals surface area contributed by atoms with E-state index in [4.69, 9.17) is 4.74 Å². The summed E-state index contributed by atoms with van der Waals surface area (Å²) in [6.45, 7) is 4.84. The third-order valence-electron chi connectivity index (χ3n) is 3.32. The predicted octanol–water partition coefficient (Wildman–Crippen LogP) is 1.92. The van der Waals surface area contributed by atoms with Crippen molar-refractivity contribution in [3.63, 3.8) is 0 Å². The van der Waals surface area contributed by atoms with Gasteiger partial charge in [-0.3, -0.25) is 0 Å². The number of morpholine rings is 1. The van der Waals surface area contributed by atoms with Gasteiger partial charge >= 0.3 is 0 Å². The summed E-state index contributed by atoms with van der Waals surface area (Å²) in [4.78, 5) is 0.348. The summed E-state index contributed by atoms with van der Waals surface area (Å²) >= 11 is 0. The number of unbranched alkanes of at least 4 members (excludes halogenated alkanes) is 1. The molecule has 1 aromatic rings. The molecule has 0 aliphatic carbocycles. The molecule has 1 aliphatic heterocycles. The van der Waals surface area contributed by atoms with Crippen molar-refractivity contribution in [2.45, 2.75) is 24.7 Å². The van der Waals surface area contributed by atoms with Crippen LogP contribution in [0, 0.1) is 0 Å². The second-order valence-corrected chi connectivity index (χ2v) is 6.76. The lowest BCUT2D eigenvalue weighted by Crippen LogP contribution is -2.40. The van der Waals surface area contributed by atoms with Gasteiger partial charge in [-0.15, -0.1) is 0 Å². The standard InChI is InChI=1S/C14H22N2O3S/c1-2-3-8-15-13-4-6-14(7-5-13)20(17,18)16-9-11-19-12-10-16/h4-7,15H,2-3,8-12H2,1H3. The van der Waals surface area contributed by atoms with Crippen LogP contribution in [0.25, 0.3) is 0 Å². The maximum Gasteiger partial charge on any atom is 0.243 e. The monoisotopic (exact) mass is 298 g/mol. The second kappa shape index (κ2) is 7.06. The third kappa shape index (κ3) is 3.71. The minimum absolute atomic E-state index is 0.348. The van der Waals surface area contributed by atoms with E-state index < -0.39 is 10.0 Å². The molecular formula is C14H22N2O3S. The molecule has 5 nitrogen and oxygen atoms in total. The quantitative estimate of drug-likeness (QED) is 0.815. The van der Waals surface area contributed by atoms with Gasteiger partial charge in [-0.25, -0.2) is 8.42 Å². The molecule has 1 saturated heterocycles. The Labute approximate surface area is 121 Å². The Morgan fingerprint density at radius 2 is 1.85 bits per heavy atom. The van der Waals surface area contributed by atoms with Crippen LogP contribution in [0.4, 0.5) is 5.69 Å². The predicted molar refractivity (Wildman–Crippen MR) is 79.4 cm³/mol. The number of rotatable bonds is 6. The van der Waals surface area contributed by atoms with E-state index in [1.807, 2.05) is 12.1 Å². The molecule has 0 amide bonds. The SMILES string of the molecule is CCCCNc1ccc(S(=O)(=O)N2CCOCC2)cc1. The third-order valence-corrected chi connectivity index (χ3v) is 5.23. The summed E-state index contributed by atoms with van der Waals surface area (Å²) in [6, 6.07) is 6.98. The van der Waals surface area contributed by atoms with Gasteiger partial charge in [0, 0.05) is 25.3 Å². The molecule has 6 heteroatoms. The molecule has 112 valence electrons. The van der Waals surface area contributed by atoms with Gasteiger partial charge in [-0.05, 0) is 30.7 Å². The van der Waals surface area contributed by atoms with E-state index >= 15 is 0 Å². The van der Waals surface area contributed by atoms with Gasteiger partial charge in [0.15, 0.2) is 0 Å². The van der Waals surface area contributed by atoms with Crippen molar-refractivity contribution in [3.05, 3.63) is 24.3 Å². The number of nitrogens with zero attached hydrogens (tertiary/aromatic N) is 1. The zero-order chi connectivity index (χ0) is 14.4. The van der Waals surface area contributed by atoms with Crippen LogP contribution in [0.2, 0.25) is 0 Å². The first-order valence-corrected chi connectivity index (χ1v) is 8.50. The maximum absolute atomic E-state index is 12.4. The second-order valence-electron chi connectivity index (χ2n) is 4.82. The summed E-state index contributed by atoms with van der Waals surface area (Å²) < 4.78 is 31.5. The Morgan fingerprint density at radius 1 is 1.20 bits per heavy atom. The number of nitrogens with one attached hydrogen (secondary N) is 1. The molecule has 0 saturated carbocycles. The van der Waals surface area contributed by atoms with Gasteiger partial charge in [0.25, 0.3) is 0 Å². The topological polar surface area (TPSA) is 58.6 Å². The summed E-state index contributed by atoms with van der Waals surface area (Å²) in [7, 11) is -3.38. The molecule has 20 heavy (non-hydrogen) atoms. The largest absolute Gasteiger partial charge is 0.385 e. The zero-order valence-electron chi connectivity index (χ0n) is 11.8. The van der Waals surface area contributed by atoms with Crippen LogP contribution in [-0.4, -0.2) is 45.6 Å². The molecule has 1 aliphatic rings. The Balaban J connectivity index is 2.04. The van der Waals surface area contributed by atoms with Crippen molar-refractivity contribution in [2.24, 2.45) is 0 Å². The molecule has 0 spiro atoms. The molecule has 2 rings (SSSR count). The first kappa shape index (κ1) is 15.3. The van der Waals surface area contributed by atoms with Crippen LogP contribution in [0.3, 0.4) is 0 Å². The summed E-state index contributed by atoms with van der Waals surface area (Å²) in [5.74, 6) is 0. The number of sulfonamides is 1. The Bertz CT molecular complexity index is 508. The van der Waals surface area contributed by atoms with Crippen LogP contribution in [-0.2, 0) is 14.8 Å². The normalized spacial score (nSPS) is 17.1. The highest BCUT2D eigenvalue weighted by atomic mass is 32.2. The van der Waals surface area contributed by atoms with E-state index in [-0.39, 0.29) is 0 Å². The van der Waals surface area contributed by atoms with Crippen LogP contribution >= 0.6 is 0 Å². The smallest absolute Gasteiger partial charge is 0.243 e. The lowest BCUT2D eigenvalue weighted by Gasteiger charge is -2.26. The number of hydrogen-bond acceptors (Lipinski definition) is 4. The Hall–Kier alpha value is -1.11. The summed E-state index contributed by atoms with van der Waals surface area (Å²) in [5.41, 5.74) is 0.958. The number of ether oxygens (including phenoxy) is 1. The average molecular weight is 298 g/mol. The van der Waals surface area contributed by atoms with E-state index in [9.17, 15) is 8.42 Å². The van der Waals surface area contributed by atoms with Crippen LogP contribution in [0.5, 0.6) is 0 Å². The molecule has 1 fully saturated rings. The zero-order valence-corrected chi connectivity index (χ0v) is 12.7. The summed E-state index contributed by atoms with van der Waals surface area (Å²) in [5, 5.41) is 3.28. The van der Waals surface area contributed by atoms with Crippen LogP contribution < -0.4 is 5.32 Å². The molecular weight excluding hydrogens is 276 g/mol. The lowest BCUT2D eigenvalue weighted by molar-refractivity contribution is 0.0730. The number of hydrogen-bond donors (Lipinski definition) is 1. The minimum atomic E-state index is -3.38. The highest BCUT2D eigenvalue weighted by Gasteiger charge is 2.25. The highest BCUT2D eigenvalue weighted by Crippen LogP contribution is 2.19. The van der Waals surface area contributed by atoms with Crippen LogP contribution in [0.15, 0.2) is 29.2 Å². The molecule has 0 aromatic heterocycles. The molecule has 0 atom stereocenters. The fraction of sp³-hybridized carbons (Fsp3) is 0.571. The van der Waals surface area contributed by atoms with E-state index in [2.05, 4.69) is 12.2 Å². The fourth-order valence-corrected chi connectivity index (χ4v) is 3.50. The van der Waals surface area contributed by atoms with Crippen molar-refractivity contribution >= 4 is 15.7 Å². The molecule has 0 unspecified atom stereocenters. The van der Waals surface area contributed by atoms with Gasteiger partial charge in [0.05, 0.1) is 18.1 Å². The first-order chi connectivity index (χ1) is 9.64. The van der Waals surface area contributed by atoms with Gasteiger partial charge in [0.2, 0.25) is 10.0 Å². The highest BCUT2D eigenvalue weighted by molar-refractivity contribution is 7.89. The van der Waals surface area contributed by atoms with Gasteiger partial charge in [-0.2, -0.15) is 4.31 Å². The molecule has 1 heterocycles. The molecule has 1 N–H and O–H groups in total. The summed E-state index contributed by atoms with van der Waals surface area (Å²) in [6.07, 6.45) is 2.24. The van der Waals surface area contributed by atoms with Crippen molar-refractivity contribution < 1.29 is 13.2 Å². The van der Waals surface area contributed by atoms with Crippen LogP contribution in [0.1, 0.15) is 19.8 Å². The number of anilines is 1. The van der Waals surface area contributed by atoms with E-state index in [1.165, 1.54) is 4.31 Å². The van der Waals surface area contributed by atoms with Crippen molar-refractivity contribution in [1.29, 1.82) is 0 Å². The molecule has 0 radical (unpaired) electrons. The lowest BCUT2D eigenvalue weighted by atomic mass is 10.3. The van der Waals surface area contributed by atoms with Crippen molar-refractivity contribution in [1.82, 2.24) is 4.31 Å².